The van der Waals surface area contributed by atoms with Crippen LogP contribution in [0.25, 0.3) is 0 Å². The van der Waals surface area contributed by atoms with Crippen LogP contribution < -0.4 is 5.43 Å². The molecule has 1 aliphatic heterocycles. The molecule has 108 valence electrons. The fourth-order valence-electron chi connectivity index (χ4n) is 2.58. The summed E-state index contributed by atoms with van der Waals surface area (Å²) in [5, 5.41) is 11.2. The second kappa shape index (κ2) is 6.05. The highest BCUT2D eigenvalue weighted by Crippen LogP contribution is 2.19. The topological polar surface area (TPSA) is 69.6 Å². The van der Waals surface area contributed by atoms with E-state index in [4.69, 9.17) is 0 Å². The second-order valence-corrected chi connectivity index (χ2v) is 5.24. The summed E-state index contributed by atoms with van der Waals surface area (Å²) in [6, 6.07) is 3.52. The van der Waals surface area contributed by atoms with Gasteiger partial charge in [0.2, 0.25) is 0 Å². The minimum absolute atomic E-state index is 0.0968. The number of carbonyl (C=O) groups excluding carboxylic acids is 1. The highest BCUT2D eigenvalue weighted by molar-refractivity contribution is 6.06. The van der Waals surface area contributed by atoms with Crippen LogP contribution in [0.3, 0.4) is 0 Å². The molecule has 2 rings (SSSR count). The molecule has 0 unspecified atom stereocenters. The van der Waals surface area contributed by atoms with Crippen LogP contribution in [-0.2, 0) is 0 Å². The van der Waals surface area contributed by atoms with E-state index in [0.717, 1.165) is 25.9 Å². The number of hydrogen-bond acceptors (Lipinski definition) is 3. The van der Waals surface area contributed by atoms with Gasteiger partial charge in [-0.1, -0.05) is 18.6 Å². The van der Waals surface area contributed by atoms with E-state index in [1.807, 2.05) is 5.01 Å². The number of hydrazine groups is 1. The molecule has 1 heterocycles. The molecule has 2 N–H and O–H groups in total. The molecule has 20 heavy (non-hydrogen) atoms. The molecule has 0 atom stereocenters. The normalized spacial score (nSPS) is 15.9. The molecule has 1 saturated heterocycles. The van der Waals surface area contributed by atoms with Crippen molar-refractivity contribution in [3.63, 3.8) is 0 Å². The van der Waals surface area contributed by atoms with E-state index in [1.54, 1.807) is 26.0 Å². The molecule has 1 aromatic carbocycles. The van der Waals surface area contributed by atoms with Crippen molar-refractivity contribution in [3.8, 4) is 0 Å². The molecular formula is C15H20N2O3. The smallest absolute Gasteiger partial charge is 0.336 e. The van der Waals surface area contributed by atoms with Crippen LogP contribution in [0.2, 0.25) is 0 Å². The van der Waals surface area contributed by atoms with E-state index in [9.17, 15) is 14.7 Å². The van der Waals surface area contributed by atoms with E-state index in [-0.39, 0.29) is 17.0 Å². The van der Waals surface area contributed by atoms with Crippen molar-refractivity contribution in [2.24, 2.45) is 0 Å². The van der Waals surface area contributed by atoms with Crippen LogP contribution in [0, 0.1) is 13.8 Å². The molecular weight excluding hydrogens is 256 g/mol. The first-order valence-corrected chi connectivity index (χ1v) is 6.90. The first kappa shape index (κ1) is 14.5. The molecule has 0 aliphatic carbocycles. The molecule has 1 fully saturated rings. The Bertz CT molecular complexity index is 534. The highest BCUT2D eigenvalue weighted by atomic mass is 16.4. The number of nitrogens with one attached hydrogen (secondary N) is 1. The summed E-state index contributed by atoms with van der Waals surface area (Å²) in [4.78, 5) is 23.8. The summed E-state index contributed by atoms with van der Waals surface area (Å²) >= 11 is 0. The Labute approximate surface area is 118 Å². The fourth-order valence-corrected chi connectivity index (χ4v) is 2.58. The zero-order valence-electron chi connectivity index (χ0n) is 11.9. The number of carboxylic acids is 1. The first-order valence-electron chi connectivity index (χ1n) is 6.90. The van der Waals surface area contributed by atoms with Crippen molar-refractivity contribution in [2.45, 2.75) is 33.1 Å². The quantitative estimate of drug-likeness (QED) is 0.887. The summed E-state index contributed by atoms with van der Waals surface area (Å²) in [6.45, 7) is 5.11. The average Bonchev–Trinajstić information content (AvgIpc) is 2.41. The van der Waals surface area contributed by atoms with Gasteiger partial charge in [-0.2, -0.15) is 0 Å². The number of benzene rings is 1. The maximum absolute atomic E-state index is 12.4. The molecule has 0 radical (unpaired) electrons. The van der Waals surface area contributed by atoms with Crippen LogP contribution in [0.1, 0.15) is 51.1 Å². The molecule has 0 aromatic heterocycles. The van der Waals surface area contributed by atoms with Gasteiger partial charge in [0, 0.05) is 13.1 Å². The Morgan fingerprint density at radius 1 is 1.05 bits per heavy atom. The van der Waals surface area contributed by atoms with Crippen molar-refractivity contribution in [1.29, 1.82) is 0 Å². The Morgan fingerprint density at radius 2 is 1.60 bits per heavy atom. The van der Waals surface area contributed by atoms with Gasteiger partial charge < -0.3 is 5.11 Å². The lowest BCUT2D eigenvalue weighted by molar-refractivity contribution is 0.0674. The Balaban J connectivity index is 2.28. The molecule has 0 spiro atoms. The van der Waals surface area contributed by atoms with Gasteiger partial charge in [-0.05, 0) is 37.8 Å². The largest absolute Gasteiger partial charge is 0.478 e. The number of nitrogens with zero attached hydrogens (tertiary/aromatic N) is 1. The zero-order valence-corrected chi connectivity index (χ0v) is 11.9. The van der Waals surface area contributed by atoms with E-state index in [1.165, 1.54) is 6.42 Å². The maximum atomic E-state index is 12.4. The number of aryl methyl sites for hydroxylation is 2. The number of hydrogen-bond donors (Lipinski definition) is 2. The lowest BCUT2D eigenvalue weighted by atomic mass is 9.97. The predicted octanol–water partition coefficient (Wildman–Crippen LogP) is 2.13. The number of rotatable bonds is 3. The molecule has 1 amide bonds. The number of piperidine rings is 1. The minimum atomic E-state index is -1.06. The number of carboxylic acid groups (broad SMARTS) is 1. The van der Waals surface area contributed by atoms with Crippen molar-refractivity contribution in [2.75, 3.05) is 13.1 Å². The lowest BCUT2D eigenvalue weighted by Crippen LogP contribution is -2.45. The van der Waals surface area contributed by atoms with Crippen LogP contribution in [0.15, 0.2) is 12.1 Å². The summed E-state index contributed by atoms with van der Waals surface area (Å²) in [5.41, 5.74) is 4.48. The van der Waals surface area contributed by atoms with Gasteiger partial charge >= 0.3 is 5.97 Å². The van der Waals surface area contributed by atoms with Crippen molar-refractivity contribution in [3.05, 3.63) is 34.4 Å². The monoisotopic (exact) mass is 276 g/mol. The Kier molecular flexibility index (Phi) is 4.39. The van der Waals surface area contributed by atoms with Crippen molar-refractivity contribution in [1.82, 2.24) is 10.4 Å². The fraction of sp³-hybridized carbons (Fsp3) is 0.467. The van der Waals surface area contributed by atoms with Gasteiger partial charge in [-0.3, -0.25) is 10.2 Å². The summed E-state index contributed by atoms with van der Waals surface area (Å²) in [7, 11) is 0. The van der Waals surface area contributed by atoms with Crippen LogP contribution >= 0.6 is 0 Å². The van der Waals surface area contributed by atoms with Crippen LogP contribution in [0.4, 0.5) is 0 Å². The summed E-state index contributed by atoms with van der Waals surface area (Å²) in [5.74, 6) is -1.39. The van der Waals surface area contributed by atoms with Crippen LogP contribution in [-0.4, -0.2) is 35.1 Å². The molecule has 0 saturated carbocycles. The summed E-state index contributed by atoms with van der Waals surface area (Å²) < 4.78 is 0. The van der Waals surface area contributed by atoms with E-state index in [2.05, 4.69) is 5.43 Å². The van der Waals surface area contributed by atoms with Gasteiger partial charge in [0.05, 0.1) is 11.1 Å². The maximum Gasteiger partial charge on any atom is 0.336 e. The van der Waals surface area contributed by atoms with E-state index < -0.39 is 5.97 Å². The van der Waals surface area contributed by atoms with Crippen LogP contribution in [0.5, 0.6) is 0 Å². The lowest BCUT2D eigenvalue weighted by Gasteiger charge is -2.27. The molecule has 0 bridgehead atoms. The third kappa shape index (κ3) is 2.99. The Morgan fingerprint density at radius 3 is 2.15 bits per heavy atom. The average molecular weight is 276 g/mol. The zero-order chi connectivity index (χ0) is 14.7. The SMILES string of the molecule is Cc1ccc(C)c(C(=O)NN2CCCCC2)c1C(=O)O. The summed E-state index contributed by atoms with van der Waals surface area (Å²) in [6.07, 6.45) is 3.29. The third-order valence-corrected chi connectivity index (χ3v) is 3.68. The number of carbonyl (C=O) groups is 2. The predicted molar refractivity (Wildman–Crippen MR) is 75.8 cm³/mol. The van der Waals surface area contributed by atoms with Gasteiger partial charge in [-0.25, -0.2) is 9.80 Å². The van der Waals surface area contributed by atoms with E-state index in [0.29, 0.717) is 11.1 Å². The molecule has 5 nitrogen and oxygen atoms in total. The van der Waals surface area contributed by atoms with Gasteiger partial charge in [0.25, 0.3) is 5.91 Å². The molecule has 1 aromatic rings. The van der Waals surface area contributed by atoms with Crippen molar-refractivity contribution < 1.29 is 14.7 Å². The molecule has 1 aliphatic rings. The second-order valence-electron chi connectivity index (χ2n) is 5.24. The van der Waals surface area contributed by atoms with Crippen molar-refractivity contribution >= 4 is 11.9 Å². The number of amides is 1. The van der Waals surface area contributed by atoms with E-state index >= 15 is 0 Å². The Hall–Kier alpha value is -1.88. The number of aromatic carboxylic acids is 1. The van der Waals surface area contributed by atoms with Gasteiger partial charge in [0.1, 0.15) is 0 Å². The highest BCUT2D eigenvalue weighted by Gasteiger charge is 2.23. The van der Waals surface area contributed by atoms with Gasteiger partial charge in [0.15, 0.2) is 0 Å². The minimum Gasteiger partial charge on any atom is -0.478 e. The standard InChI is InChI=1S/C15H20N2O3/c1-10-6-7-11(2)13(15(19)20)12(10)14(18)16-17-8-4-3-5-9-17/h6-7H,3-5,8-9H2,1-2H3,(H,16,18)(H,19,20). The van der Waals surface area contributed by atoms with Gasteiger partial charge in [-0.15, -0.1) is 0 Å². The first-order chi connectivity index (χ1) is 9.50. The molecule has 5 heteroatoms. The third-order valence-electron chi connectivity index (χ3n) is 3.68.